The number of furan rings is 1. The molecule has 3 heterocycles. The Labute approximate surface area is 209 Å². The molecule has 1 fully saturated rings. The van der Waals surface area contributed by atoms with E-state index in [1.165, 1.54) is 24.8 Å². The van der Waals surface area contributed by atoms with Gasteiger partial charge in [0.25, 0.3) is 11.8 Å². The Bertz CT molecular complexity index is 1220. The number of aryl methyl sites for hydroxylation is 1. The van der Waals surface area contributed by atoms with Crippen molar-refractivity contribution < 1.29 is 38.2 Å². The number of β-lactam (4-membered cyclic amide) rings is 1. The van der Waals surface area contributed by atoms with Crippen LogP contribution in [0.5, 0.6) is 5.75 Å². The number of esters is 1. The number of thioether (sulfide) groups is 1. The Kier molecular flexibility index (Phi) is 7.08. The lowest BCUT2D eigenvalue weighted by molar-refractivity contribution is -0.149. The van der Waals surface area contributed by atoms with Crippen LogP contribution in [0.1, 0.15) is 28.8 Å². The first-order chi connectivity index (χ1) is 16.7. The van der Waals surface area contributed by atoms with Crippen molar-refractivity contribution in [3.05, 3.63) is 63.7 Å². The van der Waals surface area contributed by atoms with E-state index in [0.717, 1.165) is 10.5 Å². The summed E-state index contributed by atoms with van der Waals surface area (Å²) < 4.78 is 16.2. The summed E-state index contributed by atoms with van der Waals surface area (Å²) in [7, 11) is 0. The zero-order chi connectivity index (χ0) is 25.3. The van der Waals surface area contributed by atoms with E-state index in [4.69, 9.17) is 25.5 Å². The Morgan fingerprint density at radius 2 is 2.03 bits per heavy atom. The van der Waals surface area contributed by atoms with Crippen molar-refractivity contribution in [3.63, 3.8) is 0 Å². The van der Waals surface area contributed by atoms with Crippen LogP contribution in [-0.2, 0) is 25.7 Å². The quantitative estimate of drug-likeness (QED) is 0.397. The molecule has 2 N–H and O–H groups in total. The first-order valence-corrected chi connectivity index (χ1v) is 11.9. The standard InChI is InChI=1S/C23H21ClN2O8S/c1-11-4-3-5-15(24)19(11)33-9-14-6-7-16(34-14)20(28)25-17-21(29)26-18(23(30)31)13(8-32-12(2)27)10-35-22(17)26/h3-7,17,22H,8-10H2,1-2H3,(H,25,28)(H,30,31)/t17-,22+/m0/s1. The molecule has 10 nitrogen and oxygen atoms in total. The van der Waals surface area contributed by atoms with E-state index in [-0.39, 0.29) is 30.4 Å². The SMILES string of the molecule is CC(=O)OCC1=C(C(=O)O)N2C(=O)[C@H](NC(=O)c3ccc(COc4c(C)cccc4Cl)o3)[C@H]2SC1. The number of hydrogen-bond donors (Lipinski definition) is 2. The average Bonchev–Trinajstić information content (AvgIpc) is 3.29. The van der Waals surface area contributed by atoms with Crippen molar-refractivity contribution in [1.29, 1.82) is 0 Å². The zero-order valence-electron chi connectivity index (χ0n) is 18.7. The van der Waals surface area contributed by atoms with Crippen LogP contribution >= 0.6 is 23.4 Å². The third kappa shape index (κ3) is 5.01. The maximum atomic E-state index is 12.7. The highest BCUT2D eigenvalue weighted by molar-refractivity contribution is 8.00. The highest BCUT2D eigenvalue weighted by atomic mass is 35.5. The number of carboxylic acid groups (broad SMARTS) is 1. The Morgan fingerprint density at radius 3 is 2.71 bits per heavy atom. The highest BCUT2D eigenvalue weighted by Gasteiger charge is 2.54. The topological polar surface area (TPSA) is 135 Å². The fraction of sp³-hybridized carbons (Fsp3) is 0.304. The molecule has 2 aromatic rings. The summed E-state index contributed by atoms with van der Waals surface area (Å²) in [6, 6.07) is 7.49. The summed E-state index contributed by atoms with van der Waals surface area (Å²) in [6.07, 6.45) is 0. The van der Waals surface area contributed by atoms with Crippen molar-refractivity contribution >= 4 is 47.1 Å². The molecule has 0 spiro atoms. The molecular formula is C23H21ClN2O8S. The van der Waals surface area contributed by atoms with Crippen LogP contribution in [0, 0.1) is 6.92 Å². The monoisotopic (exact) mass is 520 g/mol. The number of fused-ring (bicyclic) bond motifs is 1. The van der Waals surface area contributed by atoms with Gasteiger partial charge in [-0.3, -0.25) is 19.3 Å². The molecule has 184 valence electrons. The van der Waals surface area contributed by atoms with Gasteiger partial charge < -0.3 is 24.3 Å². The molecule has 0 aliphatic carbocycles. The van der Waals surface area contributed by atoms with Gasteiger partial charge in [-0.1, -0.05) is 23.7 Å². The number of halogens is 1. The number of carboxylic acids is 1. The first-order valence-electron chi connectivity index (χ1n) is 10.5. The minimum Gasteiger partial charge on any atom is -0.484 e. The molecule has 2 aliphatic rings. The normalized spacial score (nSPS) is 19.1. The van der Waals surface area contributed by atoms with Crippen LogP contribution in [0.25, 0.3) is 0 Å². The van der Waals surface area contributed by atoms with E-state index in [0.29, 0.717) is 22.1 Å². The Balaban J connectivity index is 1.39. The van der Waals surface area contributed by atoms with E-state index in [1.54, 1.807) is 12.1 Å². The number of aliphatic carboxylic acids is 1. The lowest BCUT2D eigenvalue weighted by Crippen LogP contribution is -2.70. The zero-order valence-corrected chi connectivity index (χ0v) is 20.3. The van der Waals surface area contributed by atoms with Gasteiger partial charge in [0.2, 0.25) is 0 Å². The van der Waals surface area contributed by atoms with Gasteiger partial charge in [-0.25, -0.2) is 4.79 Å². The molecule has 2 amide bonds. The maximum absolute atomic E-state index is 12.7. The van der Waals surface area contributed by atoms with Crippen LogP contribution in [0.15, 0.2) is 46.0 Å². The van der Waals surface area contributed by atoms with Gasteiger partial charge in [0.05, 0.1) is 5.02 Å². The van der Waals surface area contributed by atoms with E-state index in [2.05, 4.69) is 5.32 Å². The van der Waals surface area contributed by atoms with Crippen molar-refractivity contribution in [2.75, 3.05) is 12.4 Å². The molecule has 1 aromatic carbocycles. The molecule has 1 aromatic heterocycles. The number of ether oxygens (including phenoxy) is 2. The highest BCUT2D eigenvalue weighted by Crippen LogP contribution is 2.40. The molecular weight excluding hydrogens is 500 g/mol. The molecule has 0 saturated carbocycles. The Morgan fingerprint density at radius 1 is 1.26 bits per heavy atom. The largest absolute Gasteiger partial charge is 0.484 e. The van der Waals surface area contributed by atoms with Crippen molar-refractivity contribution in [3.8, 4) is 5.75 Å². The molecule has 2 aliphatic heterocycles. The number of amides is 2. The predicted octanol–water partition coefficient (Wildman–Crippen LogP) is 2.74. The van der Waals surface area contributed by atoms with E-state index < -0.39 is 35.2 Å². The smallest absolute Gasteiger partial charge is 0.352 e. The van der Waals surface area contributed by atoms with Gasteiger partial charge in [0.1, 0.15) is 41.8 Å². The van der Waals surface area contributed by atoms with E-state index in [1.807, 2.05) is 19.1 Å². The second kappa shape index (κ2) is 10.0. The fourth-order valence-electron chi connectivity index (χ4n) is 3.72. The van der Waals surface area contributed by atoms with Gasteiger partial charge in [-0.15, -0.1) is 11.8 Å². The second-order valence-corrected chi connectivity index (χ2v) is 9.35. The van der Waals surface area contributed by atoms with E-state index in [9.17, 15) is 24.3 Å². The van der Waals surface area contributed by atoms with E-state index >= 15 is 0 Å². The molecule has 0 unspecified atom stereocenters. The summed E-state index contributed by atoms with van der Waals surface area (Å²) in [6.45, 7) is 2.89. The van der Waals surface area contributed by atoms with Gasteiger partial charge in [0.15, 0.2) is 5.76 Å². The Hall–Kier alpha value is -3.44. The van der Waals surface area contributed by atoms with Crippen molar-refractivity contribution in [2.24, 2.45) is 0 Å². The second-order valence-electron chi connectivity index (χ2n) is 7.84. The van der Waals surface area contributed by atoms with Gasteiger partial charge >= 0.3 is 11.9 Å². The third-order valence-corrected chi connectivity index (χ3v) is 7.03. The molecule has 0 bridgehead atoms. The lowest BCUT2D eigenvalue weighted by Gasteiger charge is -2.49. The van der Waals surface area contributed by atoms with Crippen LogP contribution in [0.2, 0.25) is 5.02 Å². The molecule has 35 heavy (non-hydrogen) atoms. The minimum atomic E-state index is -1.31. The molecule has 2 atom stereocenters. The van der Waals surface area contributed by atoms with Gasteiger partial charge in [0, 0.05) is 18.2 Å². The average molecular weight is 521 g/mol. The third-order valence-electron chi connectivity index (χ3n) is 5.39. The van der Waals surface area contributed by atoms with Crippen LogP contribution in [-0.4, -0.2) is 57.5 Å². The van der Waals surface area contributed by atoms with Crippen LogP contribution < -0.4 is 10.1 Å². The summed E-state index contributed by atoms with van der Waals surface area (Å²) >= 11 is 7.42. The summed E-state index contributed by atoms with van der Waals surface area (Å²) in [4.78, 5) is 49.4. The first kappa shape index (κ1) is 24.7. The number of rotatable bonds is 8. The summed E-state index contributed by atoms with van der Waals surface area (Å²) in [5.41, 5.74) is 0.945. The lowest BCUT2D eigenvalue weighted by atomic mass is 10.0. The number of para-hydroxylation sites is 1. The number of nitrogens with one attached hydrogen (secondary N) is 1. The minimum absolute atomic E-state index is 0.0175. The number of benzene rings is 1. The molecule has 1 saturated heterocycles. The molecule has 4 rings (SSSR count). The number of hydrogen-bond acceptors (Lipinski definition) is 8. The summed E-state index contributed by atoms with van der Waals surface area (Å²) in [5.74, 6) is -1.93. The number of nitrogens with zero attached hydrogens (tertiary/aromatic N) is 1. The molecule has 12 heteroatoms. The molecule has 0 radical (unpaired) electrons. The predicted molar refractivity (Wildman–Crippen MR) is 125 cm³/mol. The number of carbonyl (C=O) groups is 4. The van der Waals surface area contributed by atoms with Gasteiger partial charge in [-0.2, -0.15) is 0 Å². The fourth-order valence-corrected chi connectivity index (χ4v) is 5.32. The van der Waals surface area contributed by atoms with Crippen LogP contribution in [0.4, 0.5) is 0 Å². The van der Waals surface area contributed by atoms with Gasteiger partial charge in [-0.05, 0) is 30.7 Å². The summed E-state index contributed by atoms with van der Waals surface area (Å²) in [5, 5.41) is 12.1. The van der Waals surface area contributed by atoms with Crippen molar-refractivity contribution in [1.82, 2.24) is 10.2 Å². The maximum Gasteiger partial charge on any atom is 0.352 e. The van der Waals surface area contributed by atoms with Crippen molar-refractivity contribution in [2.45, 2.75) is 31.9 Å². The number of carbonyl (C=O) groups excluding carboxylic acids is 3. The van der Waals surface area contributed by atoms with Crippen LogP contribution in [0.3, 0.4) is 0 Å².